The normalized spacial score (nSPS) is 14.0. The van der Waals surface area contributed by atoms with E-state index in [0.29, 0.717) is 47.4 Å². The van der Waals surface area contributed by atoms with Crippen molar-refractivity contribution in [2.45, 2.75) is 6.92 Å². The fourth-order valence-electron chi connectivity index (χ4n) is 3.93. The van der Waals surface area contributed by atoms with Crippen molar-refractivity contribution >= 4 is 29.1 Å². The summed E-state index contributed by atoms with van der Waals surface area (Å²) in [7, 11) is 2.04. The van der Waals surface area contributed by atoms with Gasteiger partial charge in [-0.3, -0.25) is 10.1 Å². The smallest absolute Gasteiger partial charge is 0.323 e. The third-order valence-electron chi connectivity index (χ3n) is 5.92. The molecule has 3 heterocycles. The number of hydrogen-bond donors (Lipinski definition) is 2. The molecule has 10 nitrogen and oxygen atoms in total. The Morgan fingerprint density at radius 1 is 0.944 bits per heavy atom. The average Bonchev–Trinajstić information content (AvgIpc) is 3.26. The molecule has 2 aromatic heterocycles. The van der Waals surface area contributed by atoms with Crippen LogP contribution in [0.4, 0.5) is 16.3 Å². The van der Waals surface area contributed by atoms with Gasteiger partial charge in [-0.25, -0.2) is 14.3 Å². The minimum absolute atomic E-state index is 0.174. The van der Waals surface area contributed by atoms with Gasteiger partial charge in [0.15, 0.2) is 11.5 Å². The van der Waals surface area contributed by atoms with Gasteiger partial charge >= 0.3 is 6.03 Å². The van der Waals surface area contributed by atoms with Crippen LogP contribution in [0, 0.1) is 6.92 Å². The van der Waals surface area contributed by atoms with Crippen LogP contribution in [0.25, 0.3) is 5.65 Å². The maximum atomic E-state index is 12.6. The largest absolute Gasteiger partial charge is 0.438 e. The van der Waals surface area contributed by atoms with Gasteiger partial charge < -0.3 is 19.9 Å². The Kier molecular flexibility index (Phi) is 6.50. The number of likely N-dealkylation sites (N-methyl/N-ethyl adjacent to an activating group) is 1. The number of carbonyl (C=O) groups is 2. The highest BCUT2D eigenvalue weighted by atomic mass is 16.5. The lowest BCUT2D eigenvalue weighted by atomic mass is 10.1. The number of carbonyl (C=O) groups excluding carboxylic acids is 2. The van der Waals surface area contributed by atoms with Crippen LogP contribution in [-0.2, 0) is 0 Å². The summed E-state index contributed by atoms with van der Waals surface area (Å²) in [6.07, 6.45) is 1.65. The Hall–Kier alpha value is -4.44. The maximum Gasteiger partial charge on any atom is 0.323 e. The Morgan fingerprint density at radius 2 is 1.75 bits per heavy atom. The molecule has 2 aromatic carbocycles. The molecule has 10 heteroatoms. The number of hydrogen-bond acceptors (Lipinski definition) is 6. The number of ether oxygens (including phenoxy) is 1. The lowest BCUT2D eigenvalue weighted by Crippen LogP contribution is -2.48. The summed E-state index contributed by atoms with van der Waals surface area (Å²) in [5, 5.41) is 10.2. The van der Waals surface area contributed by atoms with Gasteiger partial charge in [-0.2, -0.15) is 0 Å². The van der Waals surface area contributed by atoms with Crippen molar-refractivity contribution < 1.29 is 14.3 Å². The summed E-state index contributed by atoms with van der Waals surface area (Å²) in [5.74, 6) is 1.09. The van der Waals surface area contributed by atoms with Crippen molar-refractivity contribution in [1.29, 1.82) is 0 Å². The van der Waals surface area contributed by atoms with E-state index in [9.17, 15) is 9.59 Å². The maximum absolute atomic E-state index is 12.6. The molecule has 0 radical (unpaired) electrons. The van der Waals surface area contributed by atoms with Crippen LogP contribution in [-0.4, -0.2) is 69.6 Å². The minimum atomic E-state index is -0.194. The van der Waals surface area contributed by atoms with E-state index in [-0.39, 0.29) is 11.9 Å². The predicted molar refractivity (Wildman–Crippen MR) is 137 cm³/mol. The van der Waals surface area contributed by atoms with E-state index in [4.69, 9.17) is 4.74 Å². The molecule has 0 unspecified atom stereocenters. The molecule has 4 aromatic rings. The van der Waals surface area contributed by atoms with E-state index in [0.717, 1.165) is 18.7 Å². The highest BCUT2D eigenvalue weighted by Gasteiger charge is 2.20. The predicted octanol–water partition coefficient (Wildman–Crippen LogP) is 3.86. The molecule has 1 fully saturated rings. The van der Waals surface area contributed by atoms with Gasteiger partial charge in [0.2, 0.25) is 5.88 Å². The summed E-state index contributed by atoms with van der Waals surface area (Å²) < 4.78 is 7.47. The Balaban J connectivity index is 1.25. The first kappa shape index (κ1) is 23.3. The van der Waals surface area contributed by atoms with E-state index in [2.05, 4.69) is 25.6 Å². The van der Waals surface area contributed by atoms with Gasteiger partial charge in [0.25, 0.3) is 5.91 Å². The Labute approximate surface area is 208 Å². The fraction of sp³-hybridized carbons (Fsp3) is 0.231. The van der Waals surface area contributed by atoms with E-state index in [1.165, 1.54) is 0 Å². The van der Waals surface area contributed by atoms with Crippen LogP contribution in [0.5, 0.6) is 11.6 Å². The van der Waals surface area contributed by atoms with Crippen LogP contribution in [0.3, 0.4) is 0 Å². The van der Waals surface area contributed by atoms with Crippen LogP contribution < -0.4 is 15.4 Å². The second-order valence-corrected chi connectivity index (χ2v) is 8.77. The van der Waals surface area contributed by atoms with Gasteiger partial charge in [-0.1, -0.05) is 23.8 Å². The molecule has 0 spiro atoms. The molecular weight excluding hydrogens is 458 g/mol. The molecule has 0 saturated carbocycles. The van der Waals surface area contributed by atoms with Gasteiger partial charge in [0, 0.05) is 49.6 Å². The van der Waals surface area contributed by atoms with Gasteiger partial charge in [0.1, 0.15) is 5.75 Å². The number of imidazole rings is 1. The van der Waals surface area contributed by atoms with Crippen molar-refractivity contribution in [3.63, 3.8) is 0 Å². The molecule has 5 rings (SSSR count). The SMILES string of the molecule is Cc1cccc(C(=O)Nc2cccc(Oc3ccc4nc(NC(=O)N5CCN(C)CC5)cn4n3)c2)c1. The molecule has 1 saturated heterocycles. The van der Waals surface area contributed by atoms with E-state index in [1.54, 1.807) is 58.1 Å². The quantitative estimate of drug-likeness (QED) is 0.445. The number of rotatable bonds is 5. The number of nitrogens with one attached hydrogen (secondary N) is 2. The summed E-state index contributed by atoms with van der Waals surface area (Å²) in [5.41, 5.74) is 2.79. The zero-order valence-electron chi connectivity index (χ0n) is 20.1. The van der Waals surface area contributed by atoms with Crippen molar-refractivity contribution in [2.75, 3.05) is 43.9 Å². The fourth-order valence-corrected chi connectivity index (χ4v) is 3.93. The zero-order valence-corrected chi connectivity index (χ0v) is 20.1. The number of aryl methyl sites for hydroxylation is 1. The van der Waals surface area contributed by atoms with Gasteiger partial charge in [-0.05, 0) is 44.3 Å². The minimum Gasteiger partial charge on any atom is -0.438 e. The molecule has 2 N–H and O–H groups in total. The number of urea groups is 1. The van der Waals surface area contributed by atoms with E-state index >= 15 is 0 Å². The van der Waals surface area contributed by atoms with Crippen LogP contribution >= 0.6 is 0 Å². The van der Waals surface area contributed by atoms with E-state index < -0.39 is 0 Å². The van der Waals surface area contributed by atoms with Crippen LogP contribution in [0.2, 0.25) is 0 Å². The number of anilines is 2. The Morgan fingerprint density at radius 3 is 2.56 bits per heavy atom. The van der Waals surface area contributed by atoms with Gasteiger partial charge in [0.05, 0.1) is 6.20 Å². The summed E-state index contributed by atoms with van der Waals surface area (Å²) >= 11 is 0. The first-order valence-electron chi connectivity index (χ1n) is 11.7. The Bertz CT molecular complexity index is 1410. The second-order valence-electron chi connectivity index (χ2n) is 8.77. The number of amides is 3. The highest BCUT2D eigenvalue weighted by Crippen LogP contribution is 2.24. The van der Waals surface area contributed by atoms with Crippen molar-refractivity contribution in [1.82, 2.24) is 24.4 Å². The molecule has 0 aliphatic carbocycles. The molecular formula is C26H27N7O3. The second kappa shape index (κ2) is 10.0. The standard InChI is InChI=1S/C26H27N7O3/c1-18-5-3-6-19(15-18)25(34)27-20-7-4-8-21(16-20)36-24-10-9-23-28-22(17-33(23)30-24)29-26(35)32-13-11-31(2)12-14-32/h3-10,15-17H,11-14H2,1-2H3,(H,27,34)(H,29,35). The number of nitrogens with zero attached hydrogens (tertiary/aromatic N) is 5. The van der Waals surface area contributed by atoms with Crippen molar-refractivity contribution in [2.24, 2.45) is 0 Å². The van der Waals surface area contributed by atoms with Crippen LogP contribution in [0.15, 0.2) is 66.9 Å². The molecule has 0 bridgehead atoms. The molecule has 1 aliphatic heterocycles. The lowest BCUT2D eigenvalue weighted by molar-refractivity contribution is 0.102. The number of aromatic nitrogens is 3. The molecule has 36 heavy (non-hydrogen) atoms. The summed E-state index contributed by atoms with van der Waals surface area (Å²) in [6, 6.07) is 17.8. The number of fused-ring (bicyclic) bond motifs is 1. The zero-order chi connectivity index (χ0) is 25.1. The third-order valence-corrected chi connectivity index (χ3v) is 5.92. The van der Waals surface area contributed by atoms with Crippen molar-refractivity contribution in [3.05, 3.63) is 78.0 Å². The first-order chi connectivity index (χ1) is 17.4. The number of benzene rings is 2. The number of piperazine rings is 1. The topological polar surface area (TPSA) is 104 Å². The third kappa shape index (κ3) is 5.44. The first-order valence-corrected chi connectivity index (χ1v) is 11.7. The molecule has 184 valence electrons. The molecule has 3 amide bonds. The summed E-state index contributed by atoms with van der Waals surface area (Å²) in [6.45, 7) is 4.99. The lowest BCUT2D eigenvalue weighted by Gasteiger charge is -2.32. The highest BCUT2D eigenvalue weighted by molar-refractivity contribution is 6.04. The van der Waals surface area contributed by atoms with E-state index in [1.807, 2.05) is 32.2 Å². The average molecular weight is 486 g/mol. The van der Waals surface area contributed by atoms with Crippen molar-refractivity contribution in [3.8, 4) is 11.6 Å². The molecule has 1 aliphatic rings. The summed E-state index contributed by atoms with van der Waals surface area (Å²) in [4.78, 5) is 33.5. The van der Waals surface area contributed by atoms with Crippen LogP contribution in [0.1, 0.15) is 15.9 Å². The monoisotopic (exact) mass is 485 g/mol. The molecule has 0 atom stereocenters. The van der Waals surface area contributed by atoms with Gasteiger partial charge in [-0.15, -0.1) is 5.10 Å².